The Bertz CT molecular complexity index is 388. The summed E-state index contributed by atoms with van der Waals surface area (Å²) in [5, 5.41) is 2.71. The number of hydrogen-bond donors (Lipinski definition) is 1. The molecular weight excluding hydrogens is 284 g/mol. The first-order valence-corrected chi connectivity index (χ1v) is 6.23. The Kier molecular flexibility index (Phi) is 4.93. The monoisotopic (exact) mass is 300 g/mol. The standard InChI is InChI=1S/C12H17BrN2O2/c1-12(2,3)17-11(16)15-7-5-9-4-6-14-10(13)8-9/h4,6,8H,5,7H2,1-3H3,(H,15,16). The molecule has 0 radical (unpaired) electrons. The van der Waals surface area contributed by atoms with Crippen LogP contribution in [0.15, 0.2) is 22.9 Å². The molecule has 0 unspecified atom stereocenters. The molecule has 0 aliphatic rings. The van der Waals surface area contributed by atoms with E-state index < -0.39 is 5.60 Å². The topological polar surface area (TPSA) is 51.2 Å². The van der Waals surface area contributed by atoms with Gasteiger partial charge in [0.05, 0.1) is 0 Å². The fraction of sp³-hybridized carbons (Fsp3) is 0.500. The zero-order valence-corrected chi connectivity index (χ0v) is 11.9. The predicted molar refractivity (Wildman–Crippen MR) is 69.9 cm³/mol. The molecule has 1 aromatic heterocycles. The molecule has 0 saturated carbocycles. The van der Waals surface area contributed by atoms with Gasteiger partial charge in [0, 0.05) is 12.7 Å². The Morgan fingerprint density at radius 1 is 1.53 bits per heavy atom. The van der Waals surface area contributed by atoms with Crippen molar-refractivity contribution < 1.29 is 9.53 Å². The summed E-state index contributed by atoms with van der Waals surface area (Å²) in [6.45, 7) is 6.07. The van der Waals surface area contributed by atoms with Crippen LogP contribution < -0.4 is 5.32 Å². The molecule has 1 heterocycles. The first-order valence-electron chi connectivity index (χ1n) is 5.44. The van der Waals surface area contributed by atoms with E-state index >= 15 is 0 Å². The van der Waals surface area contributed by atoms with Gasteiger partial charge in [-0.15, -0.1) is 0 Å². The van der Waals surface area contributed by atoms with E-state index in [-0.39, 0.29) is 6.09 Å². The van der Waals surface area contributed by atoms with Crippen LogP contribution in [0.5, 0.6) is 0 Å². The first kappa shape index (κ1) is 14.0. The lowest BCUT2D eigenvalue weighted by Crippen LogP contribution is -2.33. The highest BCUT2D eigenvalue weighted by molar-refractivity contribution is 9.10. The third-order valence-corrected chi connectivity index (χ3v) is 2.31. The number of rotatable bonds is 3. The molecule has 1 rings (SSSR count). The van der Waals surface area contributed by atoms with Crippen molar-refractivity contribution in [3.05, 3.63) is 28.5 Å². The van der Waals surface area contributed by atoms with Crippen LogP contribution in [-0.4, -0.2) is 23.2 Å². The second kappa shape index (κ2) is 6.00. The Hall–Kier alpha value is -1.10. The Balaban J connectivity index is 2.31. The zero-order valence-electron chi connectivity index (χ0n) is 10.3. The molecule has 0 saturated heterocycles. The Morgan fingerprint density at radius 3 is 2.82 bits per heavy atom. The average molecular weight is 301 g/mol. The number of alkyl carbamates (subject to hydrolysis) is 1. The lowest BCUT2D eigenvalue weighted by atomic mass is 10.2. The van der Waals surface area contributed by atoms with Crippen molar-refractivity contribution in [2.45, 2.75) is 32.8 Å². The van der Waals surface area contributed by atoms with E-state index in [0.29, 0.717) is 6.54 Å². The minimum absolute atomic E-state index is 0.384. The van der Waals surface area contributed by atoms with Crippen molar-refractivity contribution >= 4 is 22.0 Å². The van der Waals surface area contributed by atoms with Gasteiger partial charge in [-0.05, 0) is 60.8 Å². The van der Waals surface area contributed by atoms with Crippen molar-refractivity contribution in [2.75, 3.05) is 6.54 Å². The Morgan fingerprint density at radius 2 is 2.24 bits per heavy atom. The maximum Gasteiger partial charge on any atom is 0.407 e. The molecule has 0 fully saturated rings. The molecule has 17 heavy (non-hydrogen) atoms. The maximum absolute atomic E-state index is 11.4. The van der Waals surface area contributed by atoms with Gasteiger partial charge in [-0.2, -0.15) is 0 Å². The molecule has 0 aromatic carbocycles. The highest BCUT2D eigenvalue weighted by atomic mass is 79.9. The Labute approximate surface area is 110 Å². The van der Waals surface area contributed by atoms with Gasteiger partial charge in [0.25, 0.3) is 0 Å². The van der Waals surface area contributed by atoms with Crippen LogP contribution in [-0.2, 0) is 11.2 Å². The first-order chi connectivity index (χ1) is 7.87. The normalized spacial score (nSPS) is 11.1. The third-order valence-electron chi connectivity index (χ3n) is 1.87. The average Bonchev–Trinajstić information content (AvgIpc) is 2.14. The minimum atomic E-state index is -0.455. The third kappa shape index (κ3) is 6.26. The molecule has 1 N–H and O–H groups in total. The molecule has 0 spiro atoms. The summed E-state index contributed by atoms with van der Waals surface area (Å²) < 4.78 is 5.93. The second-order valence-corrected chi connectivity index (χ2v) is 5.48. The molecule has 0 aliphatic carbocycles. The number of halogens is 1. The summed E-state index contributed by atoms with van der Waals surface area (Å²) in [5.74, 6) is 0. The quantitative estimate of drug-likeness (QED) is 0.873. The smallest absolute Gasteiger partial charge is 0.407 e. The highest BCUT2D eigenvalue weighted by Crippen LogP contribution is 2.09. The fourth-order valence-corrected chi connectivity index (χ4v) is 1.63. The predicted octanol–water partition coefficient (Wildman–Crippen LogP) is 2.91. The van der Waals surface area contributed by atoms with Crippen LogP contribution in [0.25, 0.3) is 0 Å². The number of carbonyl (C=O) groups excluding carboxylic acids is 1. The number of aromatic nitrogens is 1. The molecule has 5 heteroatoms. The number of nitrogens with one attached hydrogen (secondary N) is 1. The van der Waals surface area contributed by atoms with Crippen molar-refractivity contribution in [3.8, 4) is 0 Å². The zero-order chi connectivity index (χ0) is 12.9. The van der Waals surface area contributed by atoms with E-state index in [0.717, 1.165) is 16.6 Å². The van der Waals surface area contributed by atoms with Gasteiger partial charge in [-0.1, -0.05) is 0 Å². The van der Waals surface area contributed by atoms with Gasteiger partial charge in [-0.3, -0.25) is 0 Å². The summed E-state index contributed by atoms with van der Waals surface area (Å²) in [7, 11) is 0. The molecule has 4 nitrogen and oxygen atoms in total. The molecule has 94 valence electrons. The minimum Gasteiger partial charge on any atom is -0.444 e. The SMILES string of the molecule is CC(C)(C)OC(=O)NCCc1ccnc(Br)c1. The molecule has 0 aliphatic heterocycles. The van der Waals surface area contributed by atoms with Gasteiger partial charge in [-0.25, -0.2) is 9.78 Å². The van der Waals surface area contributed by atoms with Crippen molar-refractivity contribution in [1.82, 2.24) is 10.3 Å². The lowest BCUT2D eigenvalue weighted by molar-refractivity contribution is 0.0528. The summed E-state index contributed by atoms with van der Waals surface area (Å²) in [6, 6.07) is 3.85. The van der Waals surface area contributed by atoms with E-state index in [4.69, 9.17) is 4.74 Å². The second-order valence-electron chi connectivity index (χ2n) is 4.67. The summed E-state index contributed by atoms with van der Waals surface area (Å²) >= 11 is 3.30. The number of hydrogen-bond acceptors (Lipinski definition) is 3. The van der Waals surface area contributed by atoms with E-state index in [1.165, 1.54) is 0 Å². The van der Waals surface area contributed by atoms with Gasteiger partial charge in [0.15, 0.2) is 0 Å². The number of amides is 1. The van der Waals surface area contributed by atoms with Crippen LogP contribution in [0, 0.1) is 0 Å². The summed E-state index contributed by atoms with van der Waals surface area (Å²) in [5.41, 5.74) is 0.659. The van der Waals surface area contributed by atoms with Gasteiger partial charge < -0.3 is 10.1 Å². The van der Waals surface area contributed by atoms with Gasteiger partial charge in [0.1, 0.15) is 10.2 Å². The van der Waals surface area contributed by atoms with Crippen LogP contribution >= 0.6 is 15.9 Å². The summed E-state index contributed by atoms with van der Waals surface area (Å²) in [4.78, 5) is 15.4. The van der Waals surface area contributed by atoms with Gasteiger partial charge >= 0.3 is 6.09 Å². The summed E-state index contributed by atoms with van der Waals surface area (Å²) in [6.07, 6.45) is 2.10. The lowest BCUT2D eigenvalue weighted by Gasteiger charge is -2.19. The molecule has 1 amide bonds. The maximum atomic E-state index is 11.4. The number of carbonyl (C=O) groups is 1. The van der Waals surface area contributed by atoms with E-state index in [9.17, 15) is 4.79 Å². The van der Waals surface area contributed by atoms with Crippen molar-refractivity contribution in [1.29, 1.82) is 0 Å². The van der Waals surface area contributed by atoms with E-state index in [1.807, 2.05) is 32.9 Å². The fourth-order valence-electron chi connectivity index (χ4n) is 1.22. The molecule has 1 aromatic rings. The van der Waals surface area contributed by atoms with Crippen LogP contribution in [0.1, 0.15) is 26.3 Å². The number of nitrogens with zero attached hydrogens (tertiary/aromatic N) is 1. The van der Waals surface area contributed by atoms with Crippen LogP contribution in [0.2, 0.25) is 0 Å². The molecule has 0 bridgehead atoms. The molecular formula is C12H17BrN2O2. The van der Waals surface area contributed by atoms with E-state index in [1.54, 1.807) is 6.20 Å². The van der Waals surface area contributed by atoms with Crippen LogP contribution in [0.4, 0.5) is 4.79 Å². The van der Waals surface area contributed by atoms with Gasteiger partial charge in [0.2, 0.25) is 0 Å². The number of ether oxygens (including phenoxy) is 1. The largest absolute Gasteiger partial charge is 0.444 e. The molecule has 0 atom stereocenters. The number of pyridine rings is 1. The van der Waals surface area contributed by atoms with Crippen molar-refractivity contribution in [3.63, 3.8) is 0 Å². The highest BCUT2D eigenvalue weighted by Gasteiger charge is 2.15. The van der Waals surface area contributed by atoms with E-state index in [2.05, 4.69) is 26.2 Å². The van der Waals surface area contributed by atoms with Crippen molar-refractivity contribution in [2.24, 2.45) is 0 Å². The van der Waals surface area contributed by atoms with Crippen LogP contribution in [0.3, 0.4) is 0 Å².